The standard InChI is InChI=1S/C29H40N2O3S.C2H6/c1-4-10-26(29(32)30-21-27-13-8-9-18-34-27)15-14-23(2)35-31(3)22-28(24-11-6-5-7-12-24)25-16-19-33-20-17-25;1-2/h5-7,10-12,14-15,22,25,27H,2,4,8-9,13,16-21H2,1,3H3,(H,30,32);1-2H3/b15-14-,26-10+,28-22+;. The van der Waals surface area contributed by atoms with E-state index in [1.165, 1.54) is 11.1 Å². The van der Waals surface area contributed by atoms with E-state index in [2.05, 4.69) is 52.7 Å². The van der Waals surface area contributed by atoms with Crippen LogP contribution >= 0.6 is 11.9 Å². The second-order valence-electron chi connectivity index (χ2n) is 9.04. The van der Waals surface area contributed by atoms with Crippen LogP contribution in [0.2, 0.25) is 0 Å². The first-order valence-electron chi connectivity index (χ1n) is 13.8. The van der Waals surface area contributed by atoms with E-state index < -0.39 is 0 Å². The van der Waals surface area contributed by atoms with Gasteiger partial charge in [-0.1, -0.05) is 63.8 Å². The minimum absolute atomic E-state index is 0.0609. The summed E-state index contributed by atoms with van der Waals surface area (Å²) in [5.74, 6) is 0.420. The third kappa shape index (κ3) is 11.3. The minimum Gasteiger partial charge on any atom is -0.381 e. The predicted molar refractivity (Wildman–Crippen MR) is 158 cm³/mol. The first-order chi connectivity index (χ1) is 18.1. The van der Waals surface area contributed by atoms with E-state index in [0.29, 0.717) is 18.0 Å². The van der Waals surface area contributed by atoms with Gasteiger partial charge in [-0.15, -0.1) is 0 Å². The molecule has 37 heavy (non-hydrogen) atoms. The molecule has 204 valence electrons. The summed E-state index contributed by atoms with van der Waals surface area (Å²) in [4.78, 5) is 13.6. The van der Waals surface area contributed by atoms with Crippen LogP contribution in [0, 0.1) is 5.92 Å². The van der Waals surface area contributed by atoms with Crippen LogP contribution in [0.3, 0.4) is 0 Å². The summed E-state index contributed by atoms with van der Waals surface area (Å²) >= 11 is 1.56. The van der Waals surface area contributed by atoms with Crippen LogP contribution in [-0.4, -0.2) is 49.7 Å². The number of amides is 1. The number of carbonyl (C=O) groups excluding carboxylic acids is 1. The summed E-state index contributed by atoms with van der Waals surface area (Å²) in [5, 5.41) is 3.03. The zero-order valence-corrected chi connectivity index (χ0v) is 24.0. The third-order valence-corrected chi connectivity index (χ3v) is 7.01. The molecule has 2 saturated heterocycles. The van der Waals surface area contributed by atoms with Crippen molar-refractivity contribution < 1.29 is 14.3 Å². The zero-order valence-electron chi connectivity index (χ0n) is 23.2. The summed E-state index contributed by atoms with van der Waals surface area (Å²) in [6.45, 7) is 13.2. The molecule has 1 amide bonds. The minimum atomic E-state index is -0.0609. The van der Waals surface area contributed by atoms with Gasteiger partial charge in [0, 0.05) is 50.1 Å². The van der Waals surface area contributed by atoms with E-state index in [-0.39, 0.29) is 12.0 Å². The lowest BCUT2D eigenvalue weighted by molar-refractivity contribution is -0.118. The first-order valence-corrected chi connectivity index (χ1v) is 14.6. The van der Waals surface area contributed by atoms with Gasteiger partial charge in [0.05, 0.1) is 6.10 Å². The Morgan fingerprint density at radius 1 is 1.11 bits per heavy atom. The number of nitrogens with one attached hydrogen (secondary N) is 1. The fourth-order valence-electron chi connectivity index (χ4n) is 4.41. The van der Waals surface area contributed by atoms with Gasteiger partial charge >= 0.3 is 0 Å². The number of rotatable bonds is 11. The van der Waals surface area contributed by atoms with Crippen molar-refractivity contribution in [3.63, 3.8) is 0 Å². The molecule has 3 rings (SSSR count). The Balaban J connectivity index is 0.00000235. The fraction of sp³-hybridized carbons (Fsp3) is 0.516. The highest BCUT2D eigenvalue weighted by atomic mass is 32.2. The van der Waals surface area contributed by atoms with Gasteiger partial charge < -0.3 is 19.1 Å². The number of hydrogen-bond acceptors (Lipinski definition) is 5. The second-order valence-corrected chi connectivity index (χ2v) is 10.3. The lowest BCUT2D eigenvalue weighted by Gasteiger charge is -2.27. The van der Waals surface area contributed by atoms with Crippen molar-refractivity contribution in [3.8, 4) is 0 Å². The van der Waals surface area contributed by atoms with Crippen molar-refractivity contribution in [2.24, 2.45) is 5.92 Å². The molecule has 1 N–H and O–H groups in total. The molecule has 1 aromatic rings. The Kier molecular flexibility index (Phi) is 15.1. The number of ether oxygens (including phenoxy) is 2. The van der Waals surface area contributed by atoms with Crippen molar-refractivity contribution >= 4 is 23.4 Å². The fourth-order valence-corrected chi connectivity index (χ4v) is 5.07. The maximum Gasteiger partial charge on any atom is 0.251 e. The molecule has 1 atom stereocenters. The van der Waals surface area contributed by atoms with E-state index in [1.54, 1.807) is 11.9 Å². The van der Waals surface area contributed by atoms with Crippen LogP contribution in [0.4, 0.5) is 0 Å². The van der Waals surface area contributed by atoms with E-state index >= 15 is 0 Å². The Hall–Kier alpha value is -2.28. The summed E-state index contributed by atoms with van der Waals surface area (Å²) in [6.07, 6.45) is 14.2. The number of nitrogens with zero attached hydrogens (tertiary/aromatic N) is 1. The maximum absolute atomic E-state index is 12.7. The molecular formula is C31H46N2O3S. The molecule has 2 fully saturated rings. The average Bonchev–Trinajstić information content (AvgIpc) is 2.95. The molecule has 0 saturated carbocycles. The highest BCUT2D eigenvalue weighted by Gasteiger charge is 2.20. The molecule has 2 aliphatic rings. The van der Waals surface area contributed by atoms with Crippen molar-refractivity contribution in [1.29, 1.82) is 0 Å². The summed E-state index contributed by atoms with van der Waals surface area (Å²) < 4.78 is 13.4. The maximum atomic E-state index is 12.7. The molecule has 6 heteroatoms. The number of allylic oxidation sites excluding steroid dienone is 3. The summed E-state index contributed by atoms with van der Waals surface area (Å²) in [6, 6.07) is 10.6. The predicted octanol–water partition coefficient (Wildman–Crippen LogP) is 7.15. The van der Waals surface area contributed by atoms with Gasteiger partial charge in [0.15, 0.2) is 0 Å². The first kappa shape index (κ1) is 30.9. The van der Waals surface area contributed by atoms with Crippen LogP contribution < -0.4 is 5.32 Å². The van der Waals surface area contributed by atoms with Crippen molar-refractivity contribution in [1.82, 2.24) is 9.62 Å². The Bertz CT molecular complexity index is 898. The van der Waals surface area contributed by atoms with Crippen molar-refractivity contribution in [2.75, 3.05) is 33.4 Å². The van der Waals surface area contributed by atoms with Gasteiger partial charge in [0.1, 0.15) is 0 Å². The van der Waals surface area contributed by atoms with Crippen LogP contribution in [0.25, 0.3) is 5.57 Å². The summed E-state index contributed by atoms with van der Waals surface area (Å²) in [7, 11) is 2.05. The van der Waals surface area contributed by atoms with Gasteiger partial charge in [-0.3, -0.25) is 4.79 Å². The Morgan fingerprint density at radius 2 is 1.84 bits per heavy atom. The van der Waals surface area contributed by atoms with E-state index in [9.17, 15) is 4.79 Å². The molecule has 2 aliphatic heterocycles. The van der Waals surface area contributed by atoms with Crippen LogP contribution in [0.15, 0.2) is 71.8 Å². The largest absolute Gasteiger partial charge is 0.381 e. The van der Waals surface area contributed by atoms with Gasteiger partial charge in [0.2, 0.25) is 0 Å². The monoisotopic (exact) mass is 526 g/mol. The molecule has 0 aliphatic carbocycles. The van der Waals surface area contributed by atoms with E-state index in [1.807, 2.05) is 46.0 Å². The molecule has 0 radical (unpaired) electrons. The van der Waals surface area contributed by atoms with Gasteiger partial charge in [-0.25, -0.2) is 0 Å². The highest BCUT2D eigenvalue weighted by molar-refractivity contribution is 8.01. The quantitative estimate of drug-likeness (QED) is 0.188. The average molecular weight is 527 g/mol. The zero-order chi connectivity index (χ0) is 26.9. The van der Waals surface area contributed by atoms with E-state index in [4.69, 9.17) is 9.47 Å². The summed E-state index contributed by atoms with van der Waals surface area (Å²) in [5.41, 5.74) is 3.24. The van der Waals surface area contributed by atoms with Crippen LogP contribution in [0.5, 0.6) is 0 Å². The number of benzene rings is 1. The van der Waals surface area contributed by atoms with Gasteiger partial charge in [-0.05, 0) is 79.7 Å². The molecule has 5 nitrogen and oxygen atoms in total. The van der Waals surface area contributed by atoms with Gasteiger partial charge in [0.25, 0.3) is 5.91 Å². The lowest BCUT2D eigenvalue weighted by atomic mass is 9.87. The SMILES string of the molecule is C=C(/C=C\C(=C/CC)C(=O)NCC1CCCCO1)SN(C)/C=C(\c1ccccc1)C1CCOCC1.CC. The van der Waals surface area contributed by atoms with Crippen LogP contribution in [0.1, 0.15) is 64.9 Å². The highest BCUT2D eigenvalue weighted by Crippen LogP contribution is 2.33. The van der Waals surface area contributed by atoms with Gasteiger partial charge in [-0.2, -0.15) is 0 Å². The van der Waals surface area contributed by atoms with Crippen molar-refractivity contribution in [3.05, 3.63) is 77.4 Å². The number of hydrogen-bond donors (Lipinski definition) is 1. The third-order valence-electron chi connectivity index (χ3n) is 6.25. The Labute approximate surface area is 229 Å². The molecule has 0 aromatic heterocycles. The molecule has 0 bridgehead atoms. The van der Waals surface area contributed by atoms with E-state index in [0.717, 1.165) is 63.3 Å². The molecule has 2 heterocycles. The molecule has 0 spiro atoms. The molecular weight excluding hydrogens is 480 g/mol. The van der Waals surface area contributed by atoms with Crippen LogP contribution in [-0.2, 0) is 14.3 Å². The molecule has 1 unspecified atom stereocenters. The van der Waals surface area contributed by atoms with Crippen molar-refractivity contribution in [2.45, 2.75) is 65.4 Å². The lowest BCUT2D eigenvalue weighted by Crippen LogP contribution is -2.35. The normalized spacial score (nSPS) is 19.2. The second kappa shape index (κ2) is 18.1. The smallest absolute Gasteiger partial charge is 0.251 e. The number of carbonyl (C=O) groups is 1. The topological polar surface area (TPSA) is 50.8 Å². The Morgan fingerprint density at radius 3 is 2.49 bits per heavy atom. The molecule has 1 aromatic carbocycles.